The summed E-state index contributed by atoms with van der Waals surface area (Å²) in [7, 11) is -4.25. The molecule has 9 heteroatoms. The SMILES string of the molecule is CC#CCON(C(Cc1c[nH]c2ccc(Br)cc12)C(=O)O)S(=O)(=O)c1ccccc1. The first-order valence-electron chi connectivity index (χ1n) is 8.95. The lowest BCUT2D eigenvalue weighted by Gasteiger charge is -2.26. The van der Waals surface area contributed by atoms with E-state index >= 15 is 0 Å². The average molecular weight is 491 g/mol. The van der Waals surface area contributed by atoms with Gasteiger partial charge in [-0.05, 0) is 42.8 Å². The van der Waals surface area contributed by atoms with Crippen LogP contribution in [0.2, 0.25) is 0 Å². The van der Waals surface area contributed by atoms with Gasteiger partial charge in [-0.15, -0.1) is 5.92 Å². The standard InChI is InChI=1S/C21H19BrN2O5S/c1-2-3-11-29-24(30(27,28)17-7-5-4-6-8-17)20(21(25)26)12-15-14-23-19-10-9-16(22)13-18(15)19/h4-10,13-14,20,23H,11-12H2,1H3,(H,25,26). The van der Waals surface area contributed by atoms with Gasteiger partial charge in [-0.25, -0.2) is 8.42 Å². The van der Waals surface area contributed by atoms with Gasteiger partial charge in [-0.2, -0.15) is 0 Å². The molecule has 7 nitrogen and oxygen atoms in total. The molecule has 3 rings (SSSR count). The van der Waals surface area contributed by atoms with Gasteiger partial charge in [0.2, 0.25) is 0 Å². The number of H-pyrrole nitrogens is 1. The molecule has 0 aliphatic heterocycles. The Morgan fingerprint density at radius 3 is 2.67 bits per heavy atom. The van der Waals surface area contributed by atoms with Crippen molar-refractivity contribution in [1.29, 1.82) is 0 Å². The van der Waals surface area contributed by atoms with E-state index < -0.39 is 22.0 Å². The molecular weight excluding hydrogens is 472 g/mol. The first kappa shape index (κ1) is 22.1. The normalized spacial score (nSPS) is 12.5. The second-order valence-electron chi connectivity index (χ2n) is 6.34. The van der Waals surface area contributed by atoms with E-state index in [2.05, 4.69) is 32.8 Å². The Balaban J connectivity index is 2.04. The predicted molar refractivity (Wildman–Crippen MR) is 116 cm³/mol. The smallest absolute Gasteiger partial charge is 0.324 e. The number of benzene rings is 2. The van der Waals surface area contributed by atoms with Gasteiger partial charge in [-0.1, -0.05) is 44.5 Å². The molecule has 0 saturated carbocycles. The topological polar surface area (TPSA) is 99.7 Å². The van der Waals surface area contributed by atoms with Crippen molar-refractivity contribution in [1.82, 2.24) is 9.45 Å². The molecule has 0 spiro atoms. The maximum atomic E-state index is 13.2. The van der Waals surface area contributed by atoms with Crippen LogP contribution >= 0.6 is 15.9 Å². The lowest BCUT2D eigenvalue weighted by atomic mass is 10.1. The summed E-state index contributed by atoms with van der Waals surface area (Å²) in [5.74, 6) is 3.88. The number of hydroxylamine groups is 1. The summed E-state index contributed by atoms with van der Waals surface area (Å²) in [5.41, 5.74) is 1.46. The second-order valence-corrected chi connectivity index (χ2v) is 9.03. The molecule has 2 N–H and O–H groups in total. The quantitative estimate of drug-likeness (QED) is 0.371. The van der Waals surface area contributed by atoms with Crippen LogP contribution in [0.5, 0.6) is 0 Å². The Kier molecular flexibility index (Phi) is 6.95. The van der Waals surface area contributed by atoms with E-state index in [1.54, 1.807) is 31.3 Å². The molecule has 30 heavy (non-hydrogen) atoms. The monoisotopic (exact) mass is 490 g/mol. The highest BCUT2D eigenvalue weighted by atomic mass is 79.9. The average Bonchev–Trinajstić information content (AvgIpc) is 3.12. The zero-order valence-corrected chi connectivity index (χ0v) is 18.4. The number of hydrogen-bond donors (Lipinski definition) is 2. The fourth-order valence-corrected chi connectivity index (χ4v) is 4.73. The number of carboxylic acids is 1. The largest absolute Gasteiger partial charge is 0.480 e. The number of rotatable bonds is 8. The van der Waals surface area contributed by atoms with Crippen molar-refractivity contribution in [2.75, 3.05) is 6.61 Å². The molecule has 0 aliphatic rings. The molecule has 0 bridgehead atoms. The van der Waals surface area contributed by atoms with Crippen molar-refractivity contribution < 1.29 is 23.2 Å². The first-order valence-corrected chi connectivity index (χ1v) is 11.2. The van der Waals surface area contributed by atoms with Gasteiger partial charge in [0.05, 0.1) is 4.90 Å². The lowest BCUT2D eigenvalue weighted by molar-refractivity contribution is -0.158. The Morgan fingerprint density at radius 2 is 2.00 bits per heavy atom. The van der Waals surface area contributed by atoms with Crippen molar-refractivity contribution >= 4 is 42.8 Å². The van der Waals surface area contributed by atoms with Crippen LogP contribution in [0, 0.1) is 11.8 Å². The maximum absolute atomic E-state index is 13.2. The number of carboxylic acid groups (broad SMARTS) is 1. The molecular formula is C21H19BrN2O5S. The van der Waals surface area contributed by atoms with Crippen molar-refractivity contribution in [3.63, 3.8) is 0 Å². The molecule has 0 fully saturated rings. The van der Waals surface area contributed by atoms with Gasteiger partial charge >= 0.3 is 5.97 Å². The Morgan fingerprint density at radius 1 is 1.27 bits per heavy atom. The van der Waals surface area contributed by atoms with E-state index in [1.807, 2.05) is 18.2 Å². The van der Waals surface area contributed by atoms with E-state index in [-0.39, 0.29) is 17.9 Å². The first-order chi connectivity index (χ1) is 14.3. The van der Waals surface area contributed by atoms with E-state index in [1.165, 1.54) is 12.1 Å². The van der Waals surface area contributed by atoms with Crippen LogP contribution in [-0.4, -0.2) is 41.6 Å². The van der Waals surface area contributed by atoms with E-state index in [4.69, 9.17) is 4.84 Å². The van der Waals surface area contributed by atoms with Gasteiger partial charge in [0, 0.05) is 28.0 Å². The van der Waals surface area contributed by atoms with Crippen molar-refractivity contribution in [2.45, 2.75) is 24.3 Å². The number of hydrogen-bond acceptors (Lipinski definition) is 4. The van der Waals surface area contributed by atoms with E-state index in [0.717, 1.165) is 15.4 Å². The van der Waals surface area contributed by atoms with E-state index in [0.29, 0.717) is 10.0 Å². The summed E-state index contributed by atoms with van der Waals surface area (Å²) in [6.45, 7) is 1.32. The number of halogens is 1. The summed E-state index contributed by atoms with van der Waals surface area (Å²) in [4.78, 5) is 20.5. The third-order valence-corrected chi connectivity index (χ3v) is 6.60. The number of fused-ring (bicyclic) bond motifs is 1. The molecule has 156 valence electrons. The summed E-state index contributed by atoms with van der Waals surface area (Å²) >= 11 is 3.40. The highest BCUT2D eigenvalue weighted by Crippen LogP contribution is 2.27. The molecule has 0 aliphatic carbocycles. The third-order valence-electron chi connectivity index (χ3n) is 4.40. The molecule has 0 saturated heterocycles. The van der Waals surface area contributed by atoms with Gasteiger partial charge in [0.25, 0.3) is 10.0 Å². The van der Waals surface area contributed by atoms with Crippen molar-refractivity contribution in [3.05, 3.63) is 64.8 Å². The van der Waals surface area contributed by atoms with Gasteiger partial charge in [0.1, 0.15) is 6.61 Å². The Bertz CT molecular complexity index is 1210. The Labute approximate surface area is 182 Å². The van der Waals surface area contributed by atoms with Gasteiger partial charge in [-0.3, -0.25) is 9.63 Å². The molecule has 0 amide bonds. The van der Waals surface area contributed by atoms with Crippen LogP contribution in [0.4, 0.5) is 0 Å². The molecule has 3 aromatic rings. The number of sulfonamides is 1. The highest BCUT2D eigenvalue weighted by molar-refractivity contribution is 9.10. The summed E-state index contributed by atoms with van der Waals surface area (Å²) < 4.78 is 27.8. The fourth-order valence-electron chi connectivity index (χ4n) is 2.97. The minimum Gasteiger partial charge on any atom is -0.480 e. The summed E-state index contributed by atoms with van der Waals surface area (Å²) in [6, 6.07) is 11.6. The lowest BCUT2D eigenvalue weighted by Crippen LogP contribution is -2.46. The Hall–Kier alpha value is -2.64. The molecule has 1 aromatic heterocycles. The number of aromatic amines is 1. The zero-order valence-electron chi connectivity index (χ0n) is 16.0. The molecule has 2 aromatic carbocycles. The molecule has 1 atom stereocenters. The van der Waals surface area contributed by atoms with Crippen LogP contribution in [-0.2, 0) is 26.1 Å². The van der Waals surface area contributed by atoms with Crippen molar-refractivity contribution in [3.8, 4) is 11.8 Å². The molecule has 1 unspecified atom stereocenters. The number of nitrogens with zero attached hydrogens (tertiary/aromatic N) is 1. The molecule has 1 heterocycles. The van der Waals surface area contributed by atoms with Crippen molar-refractivity contribution in [2.24, 2.45) is 0 Å². The maximum Gasteiger partial charge on any atom is 0.324 e. The summed E-state index contributed by atoms with van der Waals surface area (Å²) in [6.07, 6.45) is 1.57. The minimum absolute atomic E-state index is 0.0672. The van der Waals surface area contributed by atoms with Crippen LogP contribution in [0.3, 0.4) is 0 Å². The van der Waals surface area contributed by atoms with E-state index in [9.17, 15) is 18.3 Å². The van der Waals surface area contributed by atoms with Gasteiger partial charge < -0.3 is 10.1 Å². The van der Waals surface area contributed by atoms with Crippen LogP contribution in [0.25, 0.3) is 10.9 Å². The fraction of sp³-hybridized carbons (Fsp3) is 0.190. The van der Waals surface area contributed by atoms with Crippen LogP contribution < -0.4 is 0 Å². The number of nitrogens with one attached hydrogen (secondary N) is 1. The summed E-state index contributed by atoms with van der Waals surface area (Å²) in [5, 5.41) is 10.7. The van der Waals surface area contributed by atoms with Crippen LogP contribution in [0.1, 0.15) is 12.5 Å². The number of carbonyl (C=O) groups is 1. The second kappa shape index (κ2) is 9.45. The highest BCUT2D eigenvalue weighted by Gasteiger charge is 2.38. The molecule has 0 radical (unpaired) electrons. The predicted octanol–water partition coefficient (Wildman–Crippen LogP) is 3.57. The minimum atomic E-state index is -4.25. The van der Waals surface area contributed by atoms with Gasteiger partial charge in [0.15, 0.2) is 6.04 Å². The number of aliphatic carboxylic acids is 1. The number of aromatic nitrogens is 1. The van der Waals surface area contributed by atoms with Crippen LogP contribution in [0.15, 0.2) is 64.1 Å². The zero-order chi connectivity index (χ0) is 21.7. The third kappa shape index (κ3) is 4.74.